The lowest BCUT2D eigenvalue weighted by atomic mass is 10.1. The van der Waals surface area contributed by atoms with Gasteiger partial charge in [-0.25, -0.2) is 0 Å². The van der Waals surface area contributed by atoms with Gasteiger partial charge in [-0.15, -0.1) is 0 Å². The minimum absolute atomic E-state index is 0.0564. The third-order valence-electron chi connectivity index (χ3n) is 3.29. The van der Waals surface area contributed by atoms with Crippen LogP contribution in [-0.4, -0.2) is 29.3 Å². The van der Waals surface area contributed by atoms with E-state index in [-0.39, 0.29) is 18.1 Å². The zero-order valence-corrected chi connectivity index (χ0v) is 12.7. The summed E-state index contributed by atoms with van der Waals surface area (Å²) in [5.74, 6) is -0.784. The molecule has 1 aromatic carbocycles. The molecule has 0 saturated heterocycles. The molecular weight excluding hydrogens is 282 g/mol. The molecule has 22 heavy (non-hydrogen) atoms. The van der Waals surface area contributed by atoms with Crippen molar-refractivity contribution in [2.45, 2.75) is 44.9 Å². The van der Waals surface area contributed by atoms with Crippen LogP contribution >= 0.6 is 0 Å². The number of hydrogen-bond donors (Lipinski definition) is 2. The second-order valence-electron chi connectivity index (χ2n) is 5.20. The molecule has 0 aliphatic rings. The zero-order valence-electron chi connectivity index (χ0n) is 12.7. The van der Waals surface area contributed by atoms with Gasteiger partial charge in [0, 0.05) is 31.4 Å². The second kappa shape index (κ2) is 10.5. The van der Waals surface area contributed by atoms with Crippen molar-refractivity contribution in [2.75, 3.05) is 6.54 Å². The van der Waals surface area contributed by atoms with E-state index in [1.807, 2.05) is 18.2 Å². The van der Waals surface area contributed by atoms with Crippen LogP contribution in [0.1, 0.15) is 55.3 Å². The van der Waals surface area contributed by atoms with Gasteiger partial charge in [0.15, 0.2) is 5.78 Å². The van der Waals surface area contributed by atoms with Crippen LogP contribution < -0.4 is 5.32 Å². The van der Waals surface area contributed by atoms with E-state index in [1.54, 1.807) is 12.1 Å². The van der Waals surface area contributed by atoms with E-state index >= 15 is 0 Å². The topological polar surface area (TPSA) is 83.5 Å². The number of hydrogen-bond acceptors (Lipinski definition) is 3. The standard InChI is InChI=1S/C17H23NO4/c19-15(14-8-3-1-4-9-14)10-7-11-16(20)18-13-6-2-5-12-17(21)22/h1,3-4,8-9H,2,5-7,10-13H2,(H,18,20)(H,21,22). The van der Waals surface area contributed by atoms with Crippen molar-refractivity contribution in [3.8, 4) is 0 Å². The number of ketones is 1. The van der Waals surface area contributed by atoms with Gasteiger partial charge in [-0.1, -0.05) is 36.8 Å². The summed E-state index contributed by atoms with van der Waals surface area (Å²) in [5.41, 5.74) is 0.682. The molecule has 120 valence electrons. The lowest BCUT2D eigenvalue weighted by Gasteiger charge is -2.05. The minimum Gasteiger partial charge on any atom is -0.481 e. The molecule has 0 atom stereocenters. The molecule has 0 bridgehead atoms. The van der Waals surface area contributed by atoms with Crippen LogP contribution in [0, 0.1) is 0 Å². The normalized spacial score (nSPS) is 10.2. The predicted molar refractivity (Wildman–Crippen MR) is 83.7 cm³/mol. The fraction of sp³-hybridized carbons (Fsp3) is 0.471. The van der Waals surface area contributed by atoms with E-state index in [1.165, 1.54) is 0 Å². The second-order valence-corrected chi connectivity index (χ2v) is 5.20. The van der Waals surface area contributed by atoms with Crippen LogP contribution in [0.15, 0.2) is 30.3 Å². The maximum absolute atomic E-state index is 11.8. The van der Waals surface area contributed by atoms with Crippen LogP contribution in [0.3, 0.4) is 0 Å². The van der Waals surface area contributed by atoms with Gasteiger partial charge < -0.3 is 10.4 Å². The molecule has 0 aliphatic carbocycles. The first-order valence-corrected chi connectivity index (χ1v) is 7.66. The molecule has 0 radical (unpaired) electrons. The average molecular weight is 305 g/mol. The Morgan fingerprint density at radius 2 is 1.59 bits per heavy atom. The van der Waals surface area contributed by atoms with Gasteiger partial charge >= 0.3 is 5.97 Å². The van der Waals surface area contributed by atoms with Crippen molar-refractivity contribution >= 4 is 17.7 Å². The summed E-state index contributed by atoms with van der Waals surface area (Å²) in [6.45, 7) is 0.561. The van der Waals surface area contributed by atoms with E-state index in [2.05, 4.69) is 5.32 Å². The van der Waals surface area contributed by atoms with Gasteiger partial charge in [0.25, 0.3) is 0 Å². The number of rotatable bonds is 11. The van der Waals surface area contributed by atoms with E-state index < -0.39 is 5.97 Å². The lowest BCUT2D eigenvalue weighted by Crippen LogP contribution is -2.24. The molecule has 1 aromatic rings. The highest BCUT2D eigenvalue weighted by atomic mass is 16.4. The first kappa shape index (κ1) is 17.9. The van der Waals surface area contributed by atoms with Gasteiger partial charge in [-0.2, -0.15) is 0 Å². The monoisotopic (exact) mass is 305 g/mol. The van der Waals surface area contributed by atoms with Gasteiger partial charge in [0.1, 0.15) is 0 Å². The summed E-state index contributed by atoms with van der Waals surface area (Å²) in [5, 5.41) is 11.3. The average Bonchev–Trinajstić information content (AvgIpc) is 2.51. The van der Waals surface area contributed by atoms with Crippen molar-refractivity contribution in [3.63, 3.8) is 0 Å². The van der Waals surface area contributed by atoms with Gasteiger partial charge in [-0.05, 0) is 19.3 Å². The molecule has 1 rings (SSSR count). The molecule has 2 N–H and O–H groups in total. The molecule has 0 aliphatic heterocycles. The fourth-order valence-corrected chi connectivity index (χ4v) is 2.07. The number of unbranched alkanes of at least 4 members (excludes halogenated alkanes) is 2. The molecule has 5 heteroatoms. The molecule has 0 spiro atoms. The number of carboxylic acids is 1. The first-order valence-electron chi connectivity index (χ1n) is 7.66. The van der Waals surface area contributed by atoms with Gasteiger partial charge in [-0.3, -0.25) is 14.4 Å². The van der Waals surface area contributed by atoms with Gasteiger partial charge in [0.05, 0.1) is 0 Å². The largest absolute Gasteiger partial charge is 0.481 e. The molecule has 0 saturated carbocycles. The lowest BCUT2D eigenvalue weighted by molar-refractivity contribution is -0.137. The third-order valence-corrected chi connectivity index (χ3v) is 3.29. The summed E-state index contributed by atoms with van der Waals surface area (Å²) in [7, 11) is 0. The SMILES string of the molecule is O=C(O)CCCCCNC(=O)CCCC(=O)c1ccccc1. The maximum atomic E-state index is 11.8. The summed E-state index contributed by atoms with van der Waals surface area (Å²) >= 11 is 0. The Bertz CT molecular complexity index is 485. The Kier molecular flexibility index (Phi) is 8.57. The molecular formula is C17H23NO4. The Morgan fingerprint density at radius 3 is 2.27 bits per heavy atom. The van der Waals surface area contributed by atoms with Crippen LogP contribution in [0.2, 0.25) is 0 Å². The molecule has 0 unspecified atom stereocenters. The molecule has 0 fully saturated rings. The quantitative estimate of drug-likeness (QED) is 0.486. The van der Waals surface area contributed by atoms with E-state index in [0.717, 1.165) is 12.8 Å². The molecule has 1 amide bonds. The van der Waals surface area contributed by atoms with E-state index in [4.69, 9.17) is 5.11 Å². The van der Waals surface area contributed by atoms with Crippen LogP contribution in [0.4, 0.5) is 0 Å². The van der Waals surface area contributed by atoms with Gasteiger partial charge in [0.2, 0.25) is 5.91 Å². The summed E-state index contributed by atoms with van der Waals surface area (Å²) in [6, 6.07) is 9.06. The Hall–Kier alpha value is -2.17. The predicted octanol–water partition coefficient (Wildman–Crippen LogP) is 2.80. The smallest absolute Gasteiger partial charge is 0.303 e. The van der Waals surface area contributed by atoms with Crippen LogP contribution in [0.5, 0.6) is 0 Å². The first-order chi connectivity index (χ1) is 10.6. The number of aliphatic carboxylic acids is 1. The van der Waals surface area contributed by atoms with Crippen molar-refractivity contribution < 1.29 is 19.5 Å². The third kappa shape index (κ3) is 8.19. The molecule has 5 nitrogen and oxygen atoms in total. The number of Topliss-reactive ketones (excluding diaryl/α,β-unsaturated/α-hetero) is 1. The number of benzene rings is 1. The van der Waals surface area contributed by atoms with Crippen molar-refractivity contribution in [2.24, 2.45) is 0 Å². The number of carboxylic acid groups (broad SMARTS) is 1. The highest BCUT2D eigenvalue weighted by Gasteiger charge is 2.07. The number of carbonyl (C=O) groups is 3. The zero-order chi connectivity index (χ0) is 16.2. The van der Waals surface area contributed by atoms with E-state index in [0.29, 0.717) is 37.8 Å². The fourth-order valence-electron chi connectivity index (χ4n) is 2.07. The highest BCUT2D eigenvalue weighted by Crippen LogP contribution is 2.06. The minimum atomic E-state index is -0.785. The molecule has 0 aromatic heterocycles. The van der Waals surface area contributed by atoms with Crippen molar-refractivity contribution in [3.05, 3.63) is 35.9 Å². The van der Waals surface area contributed by atoms with E-state index in [9.17, 15) is 14.4 Å². The number of nitrogens with one attached hydrogen (secondary N) is 1. The summed E-state index contributed by atoms with van der Waals surface area (Å²) in [6.07, 6.45) is 3.63. The Labute approximate surface area is 130 Å². The Morgan fingerprint density at radius 1 is 0.864 bits per heavy atom. The number of amides is 1. The summed E-state index contributed by atoms with van der Waals surface area (Å²) < 4.78 is 0. The van der Waals surface area contributed by atoms with Crippen molar-refractivity contribution in [1.82, 2.24) is 5.32 Å². The summed E-state index contributed by atoms with van der Waals surface area (Å²) in [4.78, 5) is 33.7. The number of carbonyl (C=O) groups excluding carboxylic acids is 2. The molecule has 0 heterocycles. The maximum Gasteiger partial charge on any atom is 0.303 e. The van der Waals surface area contributed by atoms with Crippen LogP contribution in [0.25, 0.3) is 0 Å². The van der Waals surface area contributed by atoms with Crippen LogP contribution in [-0.2, 0) is 9.59 Å². The van der Waals surface area contributed by atoms with Crippen molar-refractivity contribution in [1.29, 1.82) is 0 Å². The Balaban J connectivity index is 2.04. The highest BCUT2D eigenvalue weighted by molar-refractivity contribution is 5.96.